The summed E-state index contributed by atoms with van der Waals surface area (Å²) >= 11 is 0. The van der Waals surface area contributed by atoms with Gasteiger partial charge in [-0.25, -0.2) is 0 Å². The Hall–Kier alpha value is -0.970. The van der Waals surface area contributed by atoms with Crippen molar-refractivity contribution in [3.63, 3.8) is 0 Å². The second-order valence-electron chi connectivity index (χ2n) is 4.66. The van der Waals surface area contributed by atoms with Gasteiger partial charge >= 0.3 is 0 Å². The van der Waals surface area contributed by atoms with E-state index >= 15 is 0 Å². The normalized spacial score (nSPS) is 16.9. The lowest BCUT2D eigenvalue weighted by atomic mass is 10.1. The van der Waals surface area contributed by atoms with Gasteiger partial charge in [0.25, 0.3) is 0 Å². The standard InChI is InChI=1S/C14H23N3O/c1(2-14-3-5-15-6-4-14)12-18-13-11-17-9-7-16-8-10-17/h3-6,16H,1-2,7-13H2. The largest absolute Gasteiger partial charge is 0.380 e. The molecule has 1 aromatic heterocycles. The minimum Gasteiger partial charge on any atom is -0.380 e. The predicted molar refractivity (Wildman–Crippen MR) is 72.7 cm³/mol. The fourth-order valence-corrected chi connectivity index (χ4v) is 2.16. The molecular formula is C14H23N3O. The molecule has 2 heterocycles. The Balaban J connectivity index is 1.46. The maximum absolute atomic E-state index is 5.68. The van der Waals surface area contributed by atoms with Crippen LogP contribution in [0, 0.1) is 0 Å². The van der Waals surface area contributed by atoms with Crippen molar-refractivity contribution >= 4 is 0 Å². The van der Waals surface area contributed by atoms with Crippen LogP contribution >= 0.6 is 0 Å². The number of aromatic nitrogens is 1. The molecule has 0 aromatic carbocycles. The number of nitrogens with zero attached hydrogens (tertiary/aromatic N) is 2. The van der Waals surface area contributed by atoms with Crippen molar-refractivity contribution in [1.29, 1.82) is 0 Å². The molecule has 0 aliphatic carbocycles. The zero-order valence-electron chi connectivity index (χ0n) is 11.0. The number of rotatable bonds is 7. The average Bonchev–Trinajstić information content (AvgIpc) is 2.45. The number of piperazine rings is 1. The van der Waals surface area contributed by atoms with Gasteiger partial charge in [0.05, 0.1) is 6.61 Å². The number of pyridine rings is 1. The van der Waals surface area contributed by atoms with E-state index in [-0.39, 0.29) is 0 Å². The van der Waals surface area contributed by atoms with Crippen molar-refractivity contribution in [2.45, 2.75) is 12.8 Å². The van der Waals surface area contributed by atoms with Crippen molar-refractivity contribution < 1.29 is 4.74 Å². The van der Waals surface area contributed by atoms with Crippen molar-refractivity contribution in [1.82, 2.24) is 15.2 Å². The first-order valence-corrected chi connectivity index (χ1v) is 6.85. The van der Waals surface area contributed by atoms with E-state index in [9.17, 15) is 0 Å². The molecule has 0 saturated carbocycles. The molecule has 2 rings (SSSR count). The Morgan fingerprint density at radius 3 is 2.72 bits per heavy atom. The van der Waals surface area contributed by atoms with E-state index in [1.54, 1.807) is 0 Å². The van der Waals surface area contributed by atoms with E-state index in [0.29, 0.717) is 0 Å². The molecule has 0 amide bonds. The molecule has 18 heavy (non-hydrogen) atoms. The summed E-state index contributed by atoms with van der Waals surface area (Å²) in [5, 5.41) is 3.36. The molecule has 4 heteroatoms. The molecule has 1 aliphatic heterocycles. The average molecular weight is 249 g/mol. The first kappa shape index (κ1) is 13.5. The van der Waals surface area contributed by atoms with Gasteiger partial charge in [0.2, 0.25) is 0 Å². The second-order valence-corrected chi connectivity index (χ2v) is 4.66. The van der Waals surface area contributed by atoms with E-state index < -0.39 is 0 Å². The molecule has 0 radical (unpaired) electrons. The highest BCUT2D eigenvalue weighted by Gasteiger charge is 2.08. The Morgan fingerprint density at radius 1 is 1.17 bits per heavy atom. The van der Waals surface area contributed by atoms with Gasteiger partial charge in [0, 0.05) is 51.7 Å². The third-order valence-electron chi connectivity index (χ3n) is 3.26. The van der Waals surface area contributed by atoms with Crippen LogP contribution in [-0.4, -0.2) is 55.8 Å². The SMILES string of the molecule is c1cc(CCCOCCN2CCNCC2)ccn1. The maximum Gasteiger partial charge on any atom is 0.0593 e. The first-order chi connectivity index (χ1) is 8.95. The van der Waals surface area contributed by atoms with Crippen LogP contribution < -0.4 is 5.32 Å². The van der Waals surface area contributed by atoms with Crippen LogP contribution in [0.4, 0.5) is 0 Å². The Labute approximate surface area is 109 Å². The van der Waals surface area contributed by atoms with Crippen molar-refractivity contribution in [2.24, 2.45) is 0 Å². The third-order valence-corrected chi connectivity index (χ3v) is 3.26. The van der Waals surface area contributed by atoms with Crippen molar-refractivity contribution in [3.8, 4) is 0 Å². The van der Waals surface area contributed by atoms with Crippen LogP contribution in [0.3, 0.4) is 0 Å². The molecule has 100 valence electrons. The highest BCUT2D eigenvalue weighted by atomic mass is 16.5. The van der Waals surface area contributed by atoms with Gasteiger partial charge in [-0.1, -0.05) is 0 Å². The zero-order chi connectivity index (χ0) is 12.5. The van der Waals surface area contributed by atoms with Crippen LogP contribution in [-0.2, 0) is 11.2 Å². The number of ether oxygens (including phenoxy) is 1. The summed E-state index contributed by atoms with van der Waals surface area (Å²) in [6.07, 6.45) is 5.86. The van der Waals surface area contributed by atoms with Gasteiger partial charge < -0.3 is 10.1 Å². The van der Waals surface area contributed by atoms with E-state index in [2.05, 4.69) is 27.3 Å². The number of hydrogen-bond donors (Lipinski definition) is 1. The molecule has 0 bridgehead atoms. The van der Waals surface area contributed by atoms with Gasteiger partial charge in [0.15, 0.2) is 0 Å². The Bertz CT molecular complexity index is 312. The molecule has 0 atom stereocenters. The fourth-order valence-electron chi connectivity index (χ4n) is 2.16. The molecule has 1 aliphatic rings. The molecule has 4 nitrogen and oxygen atoms in total. The highest BCUT2D eigenvalue weighted by molar-refractivity contribution is 5.09. The monoisotopic (exact) mass is 249 g/mol. The van der Waals surface area contributed by atoms with Crippen LogP contribution in [0.15, 0.2) is 24.5 Å². The lowest BCUT2D eigenvalue weighted by Gasteiger charge is -2.26. The quantitative estimate of drug-likeness (QED) is 0.730. The number of aryl methyl sites for hydroxylation is 1. The van der Waals surface area contributed by atoms with Gasteiger partial charge in [-0.3, -0.25) is 9.88 Å². The highest BCUT2D eigenvalue weighted by Crippen LogP contribution is 2.01. The summed E-state index contributed by atoms with van der Waals surface area (Å²) in [6.45, 7) is 7.31. The smallest absolute Gasteiger partial charge is 0.0593 e. The van der Waals surface area contributed by atoms with Gasteiger partial charge in [-0.05, 0) is 30.5 Å². The van der Waals surface area contributed by atoms with Crippen molar-refractivity contribution in [3.05, 3.63) is 30.1 Å². The molecule has 0 unspecified atom stereocenters. The van der Waals surface area contributed by atoms with Crippen LogP contribution in [0.1, 0.15) is 12.0 Å². The summed E-state index contributed by atoms with van der Waals surface area (Å²) in [5.74, 6) is 0. The molecule has 1 saturated heterocycles. The van der Waals surface area contributed by atoms with Gasteiger partial charge in [0.1, 0.15) is 0 Å². The van der Waals surface area contributed by atoms with Crippen LogP contribution in [0.2, 0.25) is 0 Å². The lowest BCUT2D eigenvalue weighted by Crippen LogP contribution is -2.44. The Morgan fingerprint density at radius 2 is 1.94 bits per heavy atom. The number of nitrogens with one attached hydrogen (secondary N) is 1. The van der Waals surface area contributed by atoms with Gasteiger partial charge in [-0.15, -0.1) is 0 Å². The molecule has 0 spiro atoms. The molecular weight excluding hydrogens is 226 g/mol. The first-order valence-electron chi connectivity index (χ1n) is 6.85. The van der Waals surface area contributed by atoms with E-state index in [0.717, 1.165) is 58.8 Å². The molecule has 1 aromatic rings. The minimum atomic E-state index is 0.856. The third kappa shape index (κ3) is 5.12. The predicted octanol–water partition coefficient (Wildman–Crippen LogP) is 0.936. The molecule has 1 fully saturated rings. The summed E-state index contributed by atoms with van der Waals surface area (Å²) in [6, 6.07) is 4.14. The van der Waals surface area contributed by atoms with Gasteiger partial charge in [-0.2, -0.15) is 0 Å². The summed E-state index contributed by atoms with van der Waals surface area (Å²) in [5.41, 5.74) is 1.34. The fraction of sp³-hybridized carbons (Fsp3) is 0.643. The number of hydrogen-bond acceptors (Lipinski definition) is 4. The Kier molecular flexibility index (Phi) is 6.12. The lowest BCUT2D eigenvalue weighted by molar-refractivity contribution is 0.0976. The van der Waals surface area contributed by atoms with Crippen LogP contribution in [0.5, 0.6) is 0 Å². The van der Waals surface area contributed by atoms with E-state index in [1.165, 1.54) is 5.56 Å². The maximum atomic E-state index is 5.68. The summed E-state index contributed by atoms with van der Waals surface area (Å²) < 4.78 is 5.68. The topological polar surface area (TPSA) is 37.4 Å². The summed E-state index contributed by atoms with van der Waals surface area (Å²) in [4.78, 5) is 6.47. The van der Waals surface area contributed by atoms with Crippen LogP contribution in [0.25, 0.3) is 0 Å². The van der Waals surface area contributed by atoms with E-state index in [4.69, 9.17) is 4.74 Å². The van der Waals surface area contributed by atoms with E-state index in [1.807, 2.05) is 12.4 Å². The second kappa shape index (κ2) is 8.19. The summed E-state index contributed by atoms with van der Waals surface area (Å²) in [7, 11) is 0. The van der Waals surface area contributed by atoms with Crippen molar-refractivity contribution in [2.75, 3.05) is 45.9 Å². The molecule has 1 N–H and O–H groups in total. The zero-order valence-corrected chi connectivity index (χ0v) is 11.0. The minimum absolute atomic E-state index is 0.856.